The molecule has 8 heteroatoms. The number of halogens is 1. The van der Waals surface area contributed by atoms with Crippen molar-refractivity contribution >= 4 is 50.1 Å². The van der Waals surface area contributed by atoms with Crippen molar-refractivity contribution < 1.29 is 19.1 Å². The molecule has 0 atom stereocenters. The topological polar surface area (TPSA) is 96.5 Å². The smallest absolute Gasteiger partial charge is 0.276 e. The van der Waals surface area contributed by atoms with E-state index in [0.717, 1.165) is 20.8 Å². The normalized spacial score (nSPS) is 10.5. The number of rotatable bonds is 6. The maximum Gasteiger partial charge on any atom is 0.276 e. The van der Waals surface area contributed by atoms with E-state index in [1.807, 2.05) is 49.4 Å². The fraction of sp³-hybridized carbons (Fsp3) is 0.0741. The van der Waals surface area contributed by atoms with E-state index < -0.39 is 11.8 Å². The van der Waals surface area contributed by atoms with E-state index in [-0.39, 0.29) is 12.5 Å². The van der Waals surface area contributed by atoms with E-state index in [4.69, 9.17) is 4.74 Å². The highest BCUT2D eigenvalue weighted by molar-refractivity contribution is 9.10. The molecule has 3 N–H and O–H groups in total. The van der Waals surface area contributed by atoms with Gasteiger partial charge in [-0.1, -0.05) is 48.0 Å². The van der Waals surface area contributed by atoms with Crippen molar-refractivity contribution in [2.24, 2.45) is 0 Å². The van der Waals surface area contributed by atoms with Crippen LogP contribution in [0.4, 0.5) is 5.69 Å². The van der Waals surface area contributed by atoms with Crippen molar-refractivity contribution in [1.82, 2.24) is 10.9 Å². The van der Waals surface area contributed by atoms with Gasteiger partial charge in [-0.05, 0) is 76.1 Å². The molecule has 7 nitrogen and oxygen atoms in total. The van der Waals surface area contributed by atoms with Crippen LogP contribution in [0.5, 0.6) is 5.75 Å². The Bertz CT molecular complexity index is 1400. The van der Waals surface area contributed by atoms with Crippen LogP contribution in [0.2, 0.25) is 0 Å². The minimum atomic E-state index is -0.513. The van der Waals surface area contributed by atoms with Gasteiger partial charge in [0.1, 0.15) is 5.75 Å². The number of ether oxygens (including phenoxy) is 1. The molecule has 4 aromatic rings. The van der Waals surface area contributed by atoms with E-state index in [9.17, 15) is 14.4 Å². The van der Waals surface area contributed by atoms with Crippen molar-refractivity contribution in [3.63, 3.8) is 0 Å². The summed E-state index contributed by atoms with van der Waals surface area (Å²) in [7, 11) is 0. The van der Waals surface area contributed by atoms with Gasteiger partial charge in [-0.25, -0.2) is 0 Å². The molecule has 3 amide bonds. The Balaban J connectivity index is 1.27. The lowest BCUT2D eigenvalue weighted by atomic mass is 10.1. The summed E-state index contributed by atoms with van der Waals surface area (Å²) in [6, 6.07) is 25.1. The van der Waals surface area contributed by atoms with Crippen molar-refractivity contribution in [2.75, 3.05) is 11.9 Å². The lowest BCUT2D eigenvalue weighted by Gasteiger charge is -2.11. The number of anilines is 1. The molecular formula is C27H22BrN3O4. The molecule has 0 saturated heterocycles. The highest BCUT2D eigenvalue weighted by atomic mass is 79.9. The molecule has 176 valence electrons. The third-order valence-corrected chi connectivity index (χ3v) is 6.01. The summed E-state index contributed by atoms with van der Waals surface area (Å²) in [6.07, 6.45) is 0. The van der Waals surface area contributed by atoms with Gasteiger partial charge >= 0.3 is 0 Å². The monoisotopic (exact) mass is 531 g/mol. The summed E-state index contributed by atoms with van der Waals surface area (Å²) in [4.78, 5) is 36.9. The average molecular weight is 532 g/mol. The summed E-state index contributed by atoms with van der Waals surface area (Å²) in [5, 5.41) is 4.80. The van der Waals surface area contributed by atoms with Gasteiger partial charge in [0.2, 0.25) is 0 Å². The average Bonchev–Trinajstić information content (AvgIpc) is 2.87. The third-order valence-electron chi connectivity index (χ3n) is 5.19. The highest BCUT2D eigenvalue weighted by Gasteiger charge is 2.11. The molecular weight excluding hydrogens is 510 g/mol. The van der Waals surface area contributed by atoms with Gasteiger partial charge in [-0.3, -0.25) is 25.2 Å². The van der Waals surface area contributed by atoms with E-state index >= 15 is 0 Å². The van der Waals surface area contributed by atoms with E-state index in [1.165, 1.54) is 0 Å². The first-order valence-electron chi connectivity index (χ1n) is 10.8. The lowest BCUT2D eigenvalue weighted by molar-refractivity contribution is -0.123. The standard InChI is InChI=1S/C27H22BrN3O4/c1-17-5-4-7-20(15-17)26(33)29-21-12-9-19(10-13-21)27(34)31-30-24(32)16-35-23-14-11-18-6-2-3-8-22(18)25(23)28/h2-15H,16H2,1H3,(H,29,33)(H,30,32)(H,31,34). The van der Waals surface area contributed by atoms with Crippen molar-refractivity contribution in [1.29, 1.82) is 0 Å². The number of amides is 3. The Morgan fingerprint density at radius 3 is 2.34 bits per heavy atom. The van der Waals surface area contributed by atoms with Crippen LogP contribution in [0.1, 0.15) is 26.3 Å². The lowest BCUT2D eigenvalue weighted by Crippen LogP contribution is -2.43. The van der Waals surface area contributed by atoms with E-state index in [0.29, 0.717) is 22.6 Å². The number of aryl methyl sites for hydroxylation is 1. The van der Waals surface area contributed by atoms with Gasteiger partial charge in [0.15, 0.2) is 6.61 Å². The molecule has 0 fully saturated rings. The zero-order valence-corrected chi connectivity index (χ0v) is 20.4. The summed E-state index contributed by atoms with van der Waals surface area (Å²) in [6.45, 7) is 1.64. The van der Waals surface area contributed by atoms with Crippen LogP contribution in [-0.2, 0) is 4.79 Å². The Hall–Kier alpha value is -4.17. The summed E-state index contributed by atoms with van der Waals surface area (Å²) < 4.78 is 6.34. The molecule has 4 aromatic carbocycles. The van der Waals surface area contributed by atoms with Crippen molar-refractivity contribution in [3.8, 4) is 5.75 Å². The summed E-state index contributed by atoms with van der Waals surface area (Å²) >= 11 is 3.51. The molecule has 0 saturated carbocycles. The largest absolute Gasteiger partial charge is 0.483 e. The maximum absolute atomic E-state index is 12.4. The van der Waals surface area contributed by atoms with Gasteiger partial charge in [0.25, 0.3) is 17.7 Å². The molecule has 0 aliphatic rings. The minimum Gasteiger partial charge on any atom is -0.483 e. The Labute approximate surface area is 210 Å². The summed E-state index contributed by atoms with van der Waals surface area (Å²) in [5.41, 5.74) is 7.09. The van der Waals surface area contributed by atoms with Crippen LogP contribution in [-0.4, -0.2) is 24.3 Å². The van der Waals surface area contributed by atoms with Gasteiger partial charge in [-0.2, -0.15) is 0 Å². The number of nitrogens with one attached hydrogen (secondary N) is 3. The Kier molecular flexibility index (Phi) is 7.42. The van der Waals surface area contributed by atoms with E-state index in [1.54, 1.807) is 42.5 Å². The first-order chi connectivity index (χ1) is 16.9. The molecule has 0 aliphatic carbocycles. The van der Waals surface area contributed by atoms with E-state index in [2.05, 4.69) is 32.1 Å². The maximum atomic E-state index is 12.4. The predicted octanol–water partition coefficient (Wildman–Crippen LogP) is 5.00. The molecule has 0 aromatic heterocycles. The van der Waals surface area contributed by atoms with Crippen LogP contribution in [0.25, 0.3) is 10.8 Å². The number of carbonyl (C=O) groups is 3. The number of benzene rings is 4. The molecule has 0 heterocycles. The second-order valence-electron chi connectivity index (χ2n) is 7.79. The molecule has 35 heavy (non-hydrogen) atoms. The quantitative estimate of drug-likeness (QED) is 0.305. The van der Waals surface area contributed by atoms with Crippen molar-refractivity contribution in [2.45, 2.75) is 6.92 Å². The number of carbonyl (C=O) groups excluding carboxylic acids is 3. The first-order valence-corrected chi connectivity index (χ1v) is 11.6. The molecule has 0 radical (unpaired) electrons. The number of hydrazine groups is 1. The van der Waals surface area contributed by atoms with Gasteiger partial charge < -0.3 is 10.1 Å². The second kappa shape index (κ2) is 10.8. The number of fused-ring (bicyclic) bond motifs is 1. The fourth-order valence-electron chi connectivity index (χ4n) is 3.40. The predicted molar refractivity (Wildman–Crippen MR) is 138 cm³/mol. The van der Waals surface area contributed by atoms with Gasteiger partial charge in [0, 0.05) is 16.8 Å². The van der Waals surface area contributed by atoms with Gasteiger partial charge in [-0.15, -0.1) is 0 Å². The Morgan fingerprint density at radius 1 is 0.800 bits per heavy atom. The summed E-state index contributed by atoms with van der Waals surface area (Å²) in [5.74, 6) is -0.730. The second-order valence-corrected chi connectivity index (χ2v) is 8.58. The number of hydrogen-bond donors (Lipinski definition) is 3. The van der Waals surface area contributed by atoms with Crippen LogP contribution in [0.3, 0.4) is 0 Å². The third kappa shape index (κ3) is 6.04. The van der Waals surface area contributed by atoms with Gasteiger partial charge in [0.05, 0.1) is 4.47 Å². The molecule has 0 bridgehead atoms. The Morgan fingerprint density at radius 2 is 1.57 bits per heavy atom. The zero-order chi connectivity index (χ0) is 24.8. The molecule has 0 unspecified atom stereocenters. The number of hydrogen-bond acceptors (Lipinski definition) is 4. The zero-order valence-electron chi connectivity index (χ0n) is 18.8. The van der Waals surface area contributed by atoms with Crippen LogP contribution >= 0.6 is 15.9 Å². The molecule has 0 aliphatic heterocycles. The molecule has 4 rings (SSSR count). The highest BCUT2D eigenvalue weighted by Crippen LogP contribution is 2.32. The SMILES string of the molecule is Cc1cccc(C(=O)Nc2ccc(C(=O)NNC(=O)COc3ccc4ccccc4c3Br)cc2)c1. The van der Waals surface area contributed by atoms with Crippen LogP contribution in [0.15, 0.2) is 89.4 Å². The first kappa shape index (κ1) is 24.0. The van der Waals surface area contributed by atoms with Crippen LogP contribution < -0.4 is 20.9 Å². The molecule has 0 spiro atoms. The fourth-order valence-corrected chi connectivity index (χ4v) is 4.01. The van der Waals surface area contributed by atoms with Crippen molar-refractivity contribution in [3.05, 3.63) is 106 Å². The minimum absolute atomic E-state index is 0.240. The van der Waals surface area contributed by atoms with Crippen LogP contribution in [0, 0.1) is 6.92 Å².